The molecule has 5 heterocycles. The number of primary amides is 1. The molecule has 0 aromatic carbocycles. The van der Waals surface area contributed by atoms with Crippen LogP contribution in [-0.4, -0.2) is 61.4 Å². The molecule has 0 radical (unpaired) electrons. The number of hydrazine groups is 1. The first-order chi connectivity index (χ1) is 14.6. The second kappa shape index (κ2) is 7.58. The van der Waals surface area contributed by atoms with Gasteiger partial charge in [-0.3, -0.25) is 4.40 Å². The van der Waals surface area contributed by atoms with Gasteiger partial charge in [0.15, 0.2) is 11.5 Å². The third-order valence-electron chi connectivity index (χ3n) is 5.55. The van der Waals surface area contributed by atoms with Crippen LogP contribution in [0.25, 0.3) is 11.2 Å². The van der Waals surface area contributed by atoms with E-state index in [9.17, 15) is 4.79 Å². The molecule has 0 bridgehead atoms. The Morgan fingerprint density at radius 2 is 2.30 bits per heavy atom. The summed E-state index contributed by atoms with van der Waals surface area (Å²) in [5, 5.41) is 6.20. The minimum atomic E-state index is -0.363. The van der Waals surface area contributed by atoms with Gasteiger partial charge in [-0.15, -0.1) is 0 Å². The number of anilines is 2. The predicted molar refractivity (Wildman–Crippen MR) is 115 cm³/mol. The second-order valence-electron chi connectivity index (χ2n) is 7.58. The van der Waals surface area contributed by atoms with Gasteiger partial charge in [-0.25, -0.2) is 20.2 Å². The molecule has 156 valence electrons. The maximum atomic E-state index is 11.5. The van der Waals surface area contributed by atoms with Crippen molar-refractivity contribution in [1.82, 2.24) is 34.1 Å². The number of imidazole rings is 1. The Hall–Kier alpha value is -3.18. The minimum Gasteiger partial charge on any atom is -0.351 e. The van der Waals surface area contributed by atoms with Crippen LogP contribution >= 0.6 is 11.5 Å². The van der Waals surface area contributed by atoms with Gasteiger partial charge in [0.25, 0.3) is 0 Å². The van der Waals surface area contributed by atoms with Gasteiger partial charge >= 0.3 is 6.03 Å². The lowest BCUT2D eigenvalue weighted by atomic mass is 9.95. The van der Waals surface area contributed by atoms with Crippen molar-refractivity contribution in [3.63, 3.8) is 0 Å². The molecule has 0 saturated carbocycles. The van der Waals surface area contributed by atoms with Gasteiger partial charge in [-0.2, -0.15) is 4.37 Å². The zero-order chi connectivity index (χ0) is 20.7. The molecule has 4 N–H and O–H groups in total. The van der Waals surface area contributed by atoms with Gasteiger partial charge < -0.3 is 21.0 Å². The summed E-state index contributed by atoms with van der Waals surface area (Å²) in [6, 6.07) is 1.67. The smallest absolute Gasteiger partial charge is 0.314 e. The van der Waals surface area contributed by atoms with Crippen molar-refractivity contribution in [1.29, 1.82) is 0 Å². The van der Waals surface area contributed by atoms with Crippen molar-refractivity contribution in [2.45, 2.75) is 18.8 Å². The average Bonchev–Trinajstić information content (AvgIpc) is 3.48. The number of carbonyl (C=O) groups excluding carboxylic acids is 1. The summed E-state index contributed by atoms with van der Waals surface area (Å²) in [5.41, 5.74) is 12.6. The lowest BCUT2D eigenvalue weighted by Crippen LogP contribution is -2.42. The molecule has 3 aromatic rings. The molecular formula is C19H23N9OS. The monoisotopic (exact) mass is 425 g/mol. The summed E-state index contributed by atoms with van der Waals surface area (Å²) in [4.78, 5) is 22.3. The van der Waals surface area contributed by atoms with E-state index in [0.717, 1.165) is 48.0 Å². The number of nitrogens with one attached hydrogen (secondary N) is 2. The van der Waals surface area contributed by atoms with Crippen LogP contribution in [0.5, 0.6) is 0 Å². The minimum absolute atomic E-state index is 0.207. The Kier molecular flexibility index (Phi) is 4.75. The first-order valence-corrected chi connectivity index (χ1v) is 10.6. The number of nitrogens with zero attached hydrogens (tertiary/aromatic N) is 6. The molecule has 3 aromatic heterocycles. The number of amides is 2. The van der Waals surface area contributed by atoms with Crippen LogP contribution in [0.1, 0.15) is 30.1 Å². The predicted octanol–water partition coefficient (Wildman–Crippen LogP) is 1.98. The van der Waals surface area contributed by atoms with E-state index in [0.29, 0.717) is 12.4 Å². The van der Waals surface area contributed by atoms with Crippen LogP contribution in [0.4, 0.5) is 15.6 Å². The molecular weight excluding hydrogens is 402 g/mol. The molecule has 1 fully saturated rings. The van der Waals surface area contributed by atoms with Gasteiger partial charge in [0.2, 0.25) is 0 Å². The fraction of sp³-hybridized carbons (Fsp3) is 0.368. The fourth-order valence-corrected chi connectivity index (χ4v) is 4.73. The number of hydrogen-bond donors (Lipinski definition) is 3. The molecule has 0 aliphatic carbocycles. The van der Waals surface area contributed by atoms with Crippen molar-refractivity contribution in [2.24, 2.45) is 5.73 Å². The summed E-state index contributed by atoms with van der Waals surface area (Å²) in [6.07, 6.45) is 9.55. The van der Waals surface area contributed by atoms with E-state index in [1.54, 1.807) is 11.1 Å². The number of piperidine rings is 1. The third kappa shape index (κ3) is 3.46. The molecule has 2 aliphatic rings. The van der Waals surface area contributed by atoms with E-state index in [1.807, 2.05) is 34.9 Å². The summed E-state index contributed by atoms with van der Waals surface area (Å²) < 4.78 is 6.65. The SMILES string of the molecule is CN1C=C(c2cnc3c(Nc4cc(C5CCCN(C(N)=O)C5)ns4)nccn23)CN1. The van der Waals surface area contributed by atoms with Crippen molar-refractivity contribution in [2.75, 3.05) is 32.0 Å². The Morgan fingerprint density at radius 3 is 3.10 bits per heavy atom. The number of urea groups is 1. The van der Waals surface area contributed by atoms with Crippen molar-refractivity contribution < 1.29 is 4.79 Å². The van der Waals surface area contributed by atoms with E-state index >= 15 is 0 Å². The van der Waals surface area contributed by atoms with E-state index in [-0.39, 0.29) is 11.9 Å². The highest BCUT2D eigenvalue weighted by Crippen LogP contribution is 2.31. The lowest BCUT2D eigenvalue weighted by Gasteiger charge is -2.30. The van der Waals surface area contributed by atoms with Crippen LogP contribution < -0.4 is 16.5 Å². The zero-order valence-electron chi connectivity index (χ0n) is 16.6. The van der Waals surface area contributed by atoms with Gasteiger partial charge in [0.1, 0.15) is 5.00 Å². The number of carbonyl (C=O) groups is 1. The van der Waals surface area contributed by atoms with Crippen LogP contribution in [-0.2, 0) is 0 Å². The van der Waals surface area contributed by atoms with Gasteiger partial charge in [-0.05, 0) is 30.4 Å². The second-order valence-corrected chi connectivity index (χ2v) is 8.38. The first kappa shape index (κ1) is 18.8. The van der Waals surface area contributed by atoms with Gasteiger partial charge in [0.05, 0.1) is 17.6 Å². The van der Waals surface area contributed by atoms with Crippen molar-refractivity contribution in [3.05, 3.63) is 42.2 Å². The summed E-state index contributed by atoms with van der Waals surface area (Å²) in [6.45, 7) is 2.10. The largest absolute Gasteiger partial charge is 0.351 e. The Bertz CT molecular complexity index is 1120. The molecule has 0 spiro atoms. The topological polar surface area (TPSA) is 117 Å². The molecule has 1 atom stereocenters. The van der Waals surface area contributed by atoms with E-state index in [2.05, 4.69) is 31.3 Å². The number of aromatic nitrogens is 4. The summed E-state index contributed by atoms with van der Waals surface area (Å²) in [5.74, 6) is 0.889. The Labute approximate surface area is 177 Å². The van der Waals surface area contributed by atoms with Crippen LogP contribution in [0.15, 0.2) is 30.9 Å². The molecule has 30 heavy (non-hydrogen) atoms. The first-order valence-electron chi connectivity index (χ1n) is 9.86. The number of likely N-dealkylation sites (tertiary alicyclic amines) is 1. The third-order valence-corrected chi connectivity index (χ3v) is 6.27. The number of nitrogens with two attached hydrogens (primary N) is 1. The summed E-state index contributed by atoms with van der Waals surface area (Å²) in [7, 11) is 1.97. The standard InChI is InChI=1S/C19H23N9OS/c1-26-10-13(8-23-26)15-9-22-18-17(21-4-6-28(15)18)24-16-7-14(25-30-16)12-3-2-5-27(11-12)19(20)29/h4,6-7,9-10,12,23H,2-3,5,8,11H2,1H3,(H2,20,29)(H,21,24). The normalized spacial score (nSPS) is 19.4. The van der Waals surface area contributed by atoms with E-state index in [4.69, 9.17) is 5.73 Å². The molecule has 10 nitrogen and oxygen atoms in total. The molecule has 2 amide bonds. The average molecular weight is 426 g/mol. The van der Waals surface area contributed by atoms with E-state index < -0.39 is 0 Å². The van der Waals surface area contributed by atoms with E-state index in [1.165, 1.54) is 17.1 Å². The summed E-state index contributed by atoms with van der Waals surface area (Å²) >= 11 is 1.39. The zero-order valence-corrected chi connectivity index (χ0v) is 17.4. The van der Waals surface area contributed by atoms with Crippen molar-refractivity contribution >= 4 is 39.6 Å². The molecule has 2 aliphatic heterocycles. The van der Waals surface area contributed by atoms with Crippen LogP contribution in [0.2, 0.25) is 0 Å². The Morgan fingerprint density at radius 1 is 1.40 bits per heavy atom. The Balaban J connectivity index is 1.37. The highest BCUT2D eigenvalue weighted by atomic mass is 32.1. The number of hydrogen-bond acceptors (Lipinski definition) is 8. The number of fused-ring (bicyclic) bond motifs is 1. The van der Waals surface area contributed by atoms with Crippen LogP contribution in [0, 0.1) is 0 Å². The van der Waals surface area contributed by atoms with Gasteiger partial charge in [0, 0.05) is 56.8 Å². The quantitative estimate of drug-likeness (QED) is 0.585. The maximum absolute atomic E-state index is 11.5. The highest BCUT2D eigenvalue weighted by molar-refractivity contribution is 7.10. The van der Waals surface area contributed by atoms with Crippen LogP contribution in [0.3, 0.4) is 0 Å². The number of rotatable bonds is 4. The highest BCUT2D eigenvalue weighted by Gasteiger charge is 2.25. The molecule has 11 heteroatoms. The molecule has 5 rings (SSSR count). The van der Waals surface area contributed by atoms with Crippen molar-refractivity contribution in [3.8, 4) is 0 Å². The van der Waals surface area contributed by atoms with Gasteiger partial charge in [-0.1, -0.05) is 0 Å². The fourth-order valence-electron chi connectivity index (χ4n) is 4.01. The molecule has 1 saturated heterocycles. The maximum Gasteiger partial charge on any atom is 0.314 e. The lowest BCUT2D eigenvalue weighted by molar-refractivity contribution is 0.188. The molecule has 1 unspecified atom stereocenters.